The van der Waals surface area contributed by atoms with Crippen molar-refractivity contribution in [1.29, 1.82) is 0 Å². The summed E-state index contributed by atoms with van der Waals surface area (Å²) < 4.78 is 4.85. The van der Waals surface area contributed by atoms with Gasteiger partial charge in [0, 0.05) is 32.6 Å². The number of nitrogens with zero attached hydrogens (tertiary/aromatic N) is 2. The van der Waals surface area contributed by atoms with Crippen LogP contribution in [-0.2, 0) is 0 Å². The largest absolute Gasteiger partial charge is 0.309 e. The van der Waals surface area contributed by atoms with Crippen LogP contribution in [0.3, 0.4) is 0 Å². The Bertz CT molecular complexity index is 3470. The van der Waals surface area contributed by atoms with Gasteiger partial charge in [0.2, 0.25) is 0 Å². The van der Waals surface area contributed by atoms with Crippen LogP contribution in [0.25, 0.3) is 110 Å². The van der Waals surface area contributed by atoms with E-state index in [4.69, 9.17) is 0 Å². The molecule has 0 N–H and O–H groups in total. The Morgan fingerprint density at radius 2 is 0.625 bits per heavy atom. The molecule has 260 valence electrons. The first-order valence-corrected chi connectivity index (χ1v) is 19.4. The predicted molar refractivity (Wildman–Crippen MR) is 239 cm³/mol. The summed E-state index contributed by atoms with van der Waals surface area (Å²) in [5.74, 6) is 0. The molecule has 0 radical (unpaired) electrons. The number of hydrogen-bond donors (Lipinski definition) is 0. The molecule has 0 aliphatic carbocycles. The molecule has 2 heteroatoms. The van der Waals surface area contributed by atoms with Gasteiger partial charge in [0.15, 0.2) is 0 Å². The van der Waals surface area contributed by atoms with Gasteiger partial charge in [-0.15, -0.1) is 0 Å². The summed E-state index contributed by atoms with van der Waals surface area (Å²) in [4.78, 5) is 0. The van der Waals surface area contributed by atoms with Crippen molar-refractivity contribution in [3.05, 3.63) is 206 Å². The summed E-state index contributed by atoms with van der Waals surface area (Å²) in [5.41, 5.74) is 12.1. The Hall–Kier alpha value is -7.42. The van der Waals surface area contributed by atoms with Crippen LogP contribution in [0.15, 0.2) is 206 Å². The molecule has 0 unspecified atom stereocenters. The molecule has 56 heavy (non-hydrogen) atoms. The Morgan fingerprint density at radius 1 is 0.232 bits per heavy atom. The molecule has 12 rings (SSSR count). The van der Waals surface area contributed by atoms with Gasteiger partial charge in [-0.1, -0.05) is 152 Å². The molecule has 0 fully saturated rings. The SMILES string of the molecule is c1ccc(-n2c3ccccc3c3cc(-c4ccc(-c5ccc6c(c5)c5ccccc5n6-c5cccc6c7ccccc7c7ccccc7c56)cc4)ccc32)cc1. The molecule has 12 aromatic rings. The molecule has 0 aliphatic rings. The van der Waals surface area contributed by atoms with E-state index in [-0.39, 0.29) is 0 Å². The van der Waals surface area contributed by atoms with E-state index in [1.165, 1.54) is 110 Å². The summed E-state index contributed by atoms with van der Waals surface area (Å²) in [7, 11) is 0. The van der Waals surface area contributed by atoms with E-state index in [1.807, 2.05) is 0 Å². The molecular formula is C54H34N2. The van der Waals surface area contributed by atoms with E-state index in [0.29, 0.717) is 0 Å². The maximum atomic E-state index is 2.48. The van der Waals surface area contributed by atoms with E-state index >= 15 is 0 Å². The fourth-order valence-corrected chi connectivity index (χ4v) is 9.40. The van der Waals surface area contributed by atoms with Crippen molar-refractivity contribution in [2.45, 2.75) is 0 Å². The van der Waals surface area contributed by atoms with Gasteiger partial charge in [0.05, 0.1) is 27.8 Å². The third-order valence-corrected chi connectivity index (χ3v) is 11.9. The summed E-state index contributed by atoms with van der Waals surface area (Å²) >= 11 is 0. The fraction of sp³-hybridized carbons (Fsp3) is 0. The number of fused-ring (bicyclic) bond motifs is 12. The molecule has 0 bridgehead atoms. The number of rotatable bonds is 4. The molecular weight excluding hydrogens is 677 g/mol. The van der Waals surface area contributed by atoms with Crippen LogP contribution in [0.1, 0.15) is 0 Å². The van der Waals surface area contributed by atoms with E-state index in [9.17, 15) is 0 Å². The maximum Gasteiger partial charge on any atom is 0.0547 e. The van der Waals surface area contributed by atoms with Gasteiger partial charge in [-0.25, -0.2) is 0 Å². The lowest BCUT2D eigenvalue weighted by Crippen LogP contribution is -1.96. The van der Waals surface area contributed by atoms with Crippen LogP contribution < -0.4 is 0 Å². The quantitative estimate of drug-likeness (QED) is 0.161. The highest BCUT2D eigenvalue weighted by atomic mass is 15.0. The van der Waals surface area contributed by atoms with Crippen molar-refractivity contribution in [3.63, 3.8) is 0 Å². The summed E-state index contributed by atoms with van der Waals surface area (Å²) in [6, 6.07) is 75.7. The highest BCUT2D eigenvalue weighted by molar-refractivity contribution is 6.28. The fourth-order valence-electron chi connectivity index (χ4n) is 9.40. The Morgan fingerprint density at radius 3 is 1.20 bits per heavy atom. The highest BCUT2D eigenvalue weighted by Crippen LogP contribution is 2.42. The Balaban J connectivity index is 0.985. The first kappa shape index (κ1) is 31.0. The maximum absolute atomic E-state index is 2.48. The lowest BCUT2D eigenvalue weighted by atomic mass is 9.93. The van der Waals surface area contributed by atoms with Crippen molar-refractivity contribution in [2.75, 3.05) is 0 Å². The topological polar surface area (TPSA) is 9.86 Å². The van der Waals surface area contributed by atoms with Gasteiger partial charge in [0.25, 0.3) is 0 Å². The van der Waals surface area contributed by atoms with Crippen LogP contribution in [-0.4, -0.2) is 9.13 Å². The zero-order valence-corrected chi connectivity index (χ0v) is 30.5. The minimum atomic E-state index is 1.18. The highest BCUT2D eigenvalue weighted by Gasteiger charge is 2.18. The lowest BCUT2D eigenvalue weighted by Gasteiger charge is -2.16. The third kappa shape index (κ3) is 4.50. The molecule has 0 atom stereocenters. The second-order valence-electron chi connectivity index (χ2n) is 14.9. The van der Waals surface area contributed by atoms with Crippen molar-refractivity contribution < 1.29 is 0 Å². The van der Waals surface area contributed by atoms with E-state index in [0.717, 1.165) is 0 Å². The second kappa shape index (κ2) is 12.0. The summed E-state index contributed by atoms with van der Waals surface area (Å²) in [5, 5.41) is 12.7. The van der Waals surface area contributed by atoms with E-state index < -0.39 is 0 Å². The summed E-state index contributed by atoms with van der Waals surface area (Å²) in [6.45, 7) is 0. The Kier molecular flexibility index (Phi) is 6.66. The monoisotopic (exact) mass is 710 g/mol. The molecule has 0 amide bonds. The average Bonchev–Trinajstić information content (AvgIpc) is 3.79. The second-order valence-corrected chi connectivity index (χ2v) is 14.9. The molecule has 0 aliphatic heterocycles. The number of hydrogen-bond acceptors (Lipinski definition) is 0. The van der Waals surface area contributed by atoms with Crippen LogP contribution in [0.2, 0.25) is 0 Å². The van der Waals surface area contributed by atoms with Crippen molar-refractivity contribution in [2.24, 2.45) is 0 Å². The average molecular weight is 711 g/mol. The molecule has 2 aromatic heterocycles. The van der Waals surface area contributed by atoms with Gasteiger partial charge < -0.3 is 9.13 Å². The van der Waals surface area contributed by atoms with Gasteiger partial charge >= 0.3 is 0 Å². The van der Waals surface area contributed by atoms with E-state index in [1.54, 1.807) is 0 Å². The first-order valence-electron chi connectivity index (χ1n) is 19.4. The standard InChI is InChI=1S/C54H34N2/c1-2-13-39(14-3-1)55-49-22-10-8-18-43(49)47-33-37(29-31-51(47)55)35-25-27-36(28-26-35)38-30-32-52-48(34-38)44-19-9-11-23-50(44)56(52)53-24-12-21-46-42-16-5-4-15-40(42)41-17-6-7-20-45(41)54(46)53/h1-34H. The van der Waals surface area contributed by atoms with Gasteiger partial charge in [-0.2, -0.15) is 0 Å². The summed E-state index contributed by atoms with van der Waals surface area (Å²) in [6.07, 6.45) is 0. The first-order chi connectivity index (χ1) is 27.8. The van der Waals surface area contributed by atoms with Crippen molar-refractivity contribution in [3.8, 4) is 33.6 Å². The van der Waals surface area contributed by atoms with Crippen LogP contribution in [0.4, 0.5) is 0 Å². The lowest BCUT2D eigenvalue weighted by molar-refractivity contribution is 1.18. The van der Waals surface area contributed by atoms with Gasteiger partial charge in [0.1, 0.15) is 0 Å². The zero-order chi connectivity index (χ0) is 36.7. The molecule has 0 saturated carbocycles. The molecule has 0 spiro atoms. The van der Waals surface area contributed by atoms with Crippen LogP contribution in [0.5, 0.6) is 0 Å². The predicted octanol–water partition coefficient (Wildman–Crippen LogP) is 14.7. The minimum absolute atomic E-state index is 1.18. The van der Waals surface area contributed by atoms with Crippen molar-refractivity contribution in [1.82, 2.24) is 9.13 Å². The zero-order valence-electron chi connectivity index (χ0n) is 30.5. The van der Waals surface area contributed by atoms with Crippen LogP contribution in [0, 0.1) is 0 Å². The van der Waals surface area contributed by atoms with E-state index in [2.05, 4.69) is 215 Å². The minimum Gasteiger partial charge on any atom is -0.309 e. The third-order valence-electron chi connectivity index (χ3n) is 11.9. The molecule has 10 aromatic carbocycles. The Labute approximate surface area is 323 Å². The molecule has 2 nitrogen and oxygen atoms in total. The van der Waals surface area contributed by atoms with Gasteiger partial charge in [-0.3, -0.25) is 0 Å². The number of benzene rings is 10. The van der Waals surface area contributed by atoms with Crippen LogP contribution >= 0.6 is 0 Å². The van der Waals surface area contributed by atoms with Crippen molar-refractivity contribution >= 4 is 75.9 Å². The number of aromatic nitrogens is 2. The smallest absolute Gasteiger partial charge is 0.0547 e. The number of para-hydroxylation sites is 3. The normalized spacial score (nSPS) is 11.9. The molecule has 0 saturated heterocycles. The molecule has 2 heterocycles. The van der Waals surface area contributed by atoms with Gasteiger partial charge in [-0.05, 0) is 104 Å².